The fraction of sp³-hybridized carbons (Fsp3) is 0.647. The maximum Gasteiger partial charge on any atom is 0.495 e. The average molecular weight is 274 g/mol. The third kappa shape index (κ3) is 2.54. The van der Waals surface area contributed by atoms with E-state index < -0.39 is 0 Å². The Kier molecular flexibility index (Phi) is 3.59. The molecule has 110 valence electrons. The van der Waals surface area contributed by atoms with Crippen LogP contribution in [0.25, 0.3) is 0 Å². The van der Waals surface area contributed by atoms with Gasteiger partial charge in [-0.1, -0.05) is 39.0 Å². The van der Waals surface area contributed by atoms with E-state index in [1.54, 1.807) is 0 Å². The molecular formula is C17H27BO2. The molecule has 1 aromatic rings. The van der Waals surface area contributed by atoms with Gasteiger partial charge in [-0.25, -0.2) is 0 Å². The van der Waals surface area contributed by atoms with Crippen LogP contribution in [0.2, 0.25) is 0 Å². The Labute approximate surface area is 124 Å². The molecular weight excluding hydrogens is 247 g/mol. The second-order valence-corrected chi connectivity index (χ2v) is 7.88. The Bertz CT molecular complexity index is 496. The van der Waals surface area contributed by atoms with Crippen LogP contribution in [0.15, 0.2) is 18.2 Å². The molecule has 3 heteroatoms. The number of hydrogen-bond donors (Lipinski definition) is 0. The molecule has 0 saturated carbocycles. The maximum absolute atomic E-state index is 6.22. The van der Waals surface area contributed by atoms with Crippen LogP contribution in [-0.2, 0) is 14.7 Å². The summed E-state index contributed by atoms with van der Waals surface area (Å²) < 4.78 is 12.4. The number of aryl methyl sites for hydroxylation is 1. The van der Waals surface area contributed by atoms with Crippen LogP contribution in [0, 0.1) is 6.92 Å². The minimum atomic E-state index is -0.295. The SMILES string of the molecule is Cc1cccc(B2OC(C)(C)C(C)(C)O2)c1C(C)(C)C. The Hall–Kier alpha value is -0.795. The summed E-state index contributed by atoms with van der Waals surface area (Å²) >= 11 is 0. The summed E-state index contributed by atoms with van der Waals surface area (Å²) in [7, 11) is -0.283. The summed E-state index contributed by atoms with van der Waals surface area (Å²) in [4.78, 5) is 0. The lowest BCUT2D eigenvalue weighted by Gasteiger charge is -2.32. The number of hydrogen-bond acceptors (Lipinski definition) is 2. The fourth-order valence-corrected chi connectivity index (χ4v) is 2.88. The third-order valence-electron chi connectivity index (χ3n) is 4.56. The van der Waals surface area contributed by atoms with Gasteiger partial charge in [-0.05, 0) is 56.6 Å². The zero-order chi connectivity index (χ0) is 15.3. The predicted molar refractivity (Wildman–Crippen MR) is 85.6 cm³/mol. The number of rotatable bonds is 1. The van der Waals surface area contributed by atoms with E-state index >= 15 is 0 Å². The van der Waals surface area contributed by atoms with Gasteiger partial charge in [-0.3, -0.25) is 0 Å². The van der Waals surface area contributed by atoms with Crippen molar-refractivity contribution in [3.05, 3.63) is 29.3 Å². The van der Waals surface area contributed by atoms with Crippen LogP contribution in [0.1, 0.15) is 59.6 Å². The molecule has 0 spiro atoms. The second-order valence-electron chi connectivity index (χ2n) is 7.88. The smallest absolute Gasteiger partial charge is 0.399 e. The van der Waals surface area contributed by atoms with Crippen LogP contribution >= 0.6 is 0 Å². The molecule has 0 bridgehead atoms. The fourth-order valence-electron chi connectivity index (χ4n) is 2.88. The molecule has 1 heterocycles. The van der Waals surface area contributed by atoms with E-state index in [4.69, 9.17) is 9.31 Å². The lowest BCUT2D eigenvalue weighted by molar-refractivity contribution is 0.00578. The molecule has 1 fully saturated rings. The van der Waals surface area contributed by atoms with Gasteiger partial charge in [0.15, 0.2) is 0 Å². The molecule has 0 atom stereocenters. The molecule has 2 nitrogen and oxygen atoms in total. The highest BCUT2D eigenvalue weighted by molar-refractivity contribution is 6.62. The van der Waals surface area contributed by atoms with Crippen LogP contribution < -0.4 is 5.46 Å². The lowest BCUT2D eigenvalue weighted by atomic mass is 9.68. The van der Waals surface area contributed by atoms with Crippen molar-refractivity contribution in [2.45, 2.75) is 72.0 Å². The first-order valence-electron chi connectivity index (χ1n) is 7.41. The van der Waals surface area contributed by atoms with Gasteiger partial charge in [0.1, 0.15) is 0 Å². The van der Waals surface area contributed by atoms with Gasteiger partial charge in [0.2, 0.25) is 0 Å². The molecule has 1 aliphatic rings. The van der Waals surface area contributed by atoms with Crippen LogP contribution in [0.4, 0.5) is 0 Å². The lowest BCUT2D eigenvalue weighted by Crippen LogP contribution is -2.41. The van der Waals surface area contributed by atoms with Gasteiger partial charge in [0.25, 0.3) is 0 Å². The first-order valence-corrected chi connectivity index (χ1v) is 7.41. The highest BCUT2D eigenvalue weighted by Gasteiger charge is 2.52. The van der Waals surface area contributed by atoms with Crippen molar-refractivity contribution in [3.8, 4) is 0 Å². The van der Waals surface area contributed by atoms with E-state index in [0.29, 0.717) is 0 Å². The van der Waals surface area contributed by atoms with Crippen LogP contribution in [0.5, 0.6) is 0 Å². The summed E-state index contributed by atoms with van der Waals surface area (Å²) in [5.41, 5.74) is 3.27. The Morgan fingerprint density at radius 3 is 1.90 bits per heavy atom. The second kappa shape index (κ2) is 4.61. The minimum absolute atomic E-state index is 0.0737. The molecule has 2 rings (SSSR count). The first-order chi connectivity index (χ1) is 8.96. The van der Waals surface area contributed by atoms with Crippen molar-refractivity contribution in [1.29, 1.82) is 0 Å². The van der Waals surface area contributed by atoms with E-state index in [-0.39, 0.29) is 23.7 Å². The quantitative estimate of drug-likeness (QED) is 0.729. The van der Waals surface area contributed by atoms with Gasteiger partial charge in [0, 0.05) is 0 Å². The summed E-state index contributed by atoms with van der Waals surface area (Å²) in [5.74, 6) is 0. The Morgan fingerprint density at radius 2 is 1.45 bits per heavy atom. The van der Waals surface area contributed by atoms with Crippen molar-refractivity contribution < 1.29 is 9.31 Å². The molecule has 0 unspecified atom stereocenters. The van der Waals surface area contributed by atoms with Crippen molar-refractivity contribution >= 4 is 12.6 Å². The van der Waals surface area contributed by atoms with Crippen LogP contribution in [-0.4, -0.2) is 18.3 Å². The van der Waals surface area contributed by atoms with Crippen molar-refractivity contribution in [2.75, 3.05) is 0 Å². The van der Waals surface area contributed by atoms with E-state index in [1.165, 1.54) is 11.1 Å². The van der Waals surface area contributed by atoms with E-state index in [1.807, 2.05) is 0 Å². The molecule has 0 aliphatic carbocycles. The summed E-state index contributed by atoms with van der Waals surface area (Å²) in [6.07, 6.45) is 0. The van der Waals surface area contributed by atoms with Gasteiger partial charge < -0.3 is 9.31 Å². The summed E-state index contributed by atoms with van der Waals surface area (Å²) in [5, 5.41) is 0. The molecule has 0 amide bonds. The zero-order valence-electron chi connectivity index (χ0n) is 14.1. The average Bonchev–Trinajstić information content (AvgIpc) is 2.46. The molecule has 1 aliphatic heterocycles. The van der Waals surface area contributed by atoms with Crippen molar-refractivity contribution in [2.24, 2.45) is 0 Å². The standard InChI is InChI=1S/C17H27BO2/c1-12-10-9-11-13(14(12)15(2,3)4)18-19-16(5,6)17(7,8)20-18/h9-11H,1-8H3. The molecule has 0 N–H and O–H groups in total. The minimum Gasteiger partial charge on any atom is -0.399 e. The first kappa shape index (κ1) is 15.6. The Balaban J connectivity index is 2.49. The summed E-state index contributed by atoms with van der Waals surface area (Å²) in [6.45, 7) is 17.3. The van der Waals surface area contributed by atoms with E-state index in [2.05, 4.69) is 73.6 Å². The highest BCUT2D eigenvalue weighted by Crippen LogP contribution is 2.37. The molecule has 20 heavy (non-hydrogen) atoms. The molecule has 1 saturated heterocycles. The third-order valence-corrected chi connectivity index (χ3v) is 4.56. The van der Waals surface area contributed by atoms with Gasteiger partial charge in [-0.2, -0.15) is 0 Å². The van der Waals surface area contributed by atoms with Gasteiger partial charge in [-0.15, -0.1) is 0 Å². The van der Waals surface area contributed by atoms with Crippen LogP contribution in [0.3, 0.4) is 0 Å². The topological polar surface area (TPSA) is 18.5 Å². The monoisotopic (exact) mass is 274 g/mol. The van der Waals surface area contributed by atoms with Crippen molar-refractivity contribution in [3.63, 3.8) is 0 Å². The van der Waals surface area contributed by atoms with Gasteiger partial charge >= 0.3 is 7.12 Å². The zero-order valence-corrected chi connectivity index (χ0v) is 14.1. The number of benzene rings is 1. The molecule has 1 aromatic carbocycles. The molecule has 0 aromatic heterocycles. The highest BCUT2D eigenvalue weighted by atomic mass is 16.7. The summed E-state index contributed by atoms with van der Waals surface area (Å²) in [6, 6.07) is 6.38. The normalized spacial score (nSPS) is 21.3. The molecule has 0 radical (unpaired) electrons. The Morgan fingerprint density at radius 1 is 0.950 bits per heavy atom. The maximum atomic E-state index is 6.22. The predicted octanol–water partition coefficient (Wildman–Crippen LogP) is 3.59. The van der Waals surface area contributed by atoms with E-state index in [0.717, 1.165) is 5.46 Å². The largest absolute Gasteiger partial charge is 0.495 e. The van der Waals surface area contributed by atoms with Gasteiger partial charge in [0.05, 0.1) is 11.2 Å². The van der Waals surface area contributed by atoms with Crippen molar-refractivity contribution in [1.82, 2.24) is 0 Å². The van der Waals surface area contributed by atoms with E-state index in [9.17, 15) is 0 Å².